The van der Waals surface area contributed by atoms with E-state index in [4.69, 9.17) is 0 Å². The highest BCUT2D eigenvalue weighted by Crippen LogP contribution is 2.61. The predicted molar refractivity (Wildman–Crippen MR) is 121 cm³/mol. The summed E-state index contributed by atoms with van der Waals surface area (Å²) >= 11 is 0. The maximum Gasteiger partial charge on any atom is 0.539 e. The van der Waals surface area contributed by atoms with E-state index in [1.165, 1.54) is 51.4 Å². The molecule has 0 aliphatic heterocycles. The molecular formula is C22H41O3P2+. The fraction of sp³-hybridized carbons (Fsp3) is 0.727. The van der Waals surface area contributed by atoms with Gasteiger partial charge in [-0.3, -0.25) is 4.52 Å². The smallest absolute Gasteiger partial charge is 0.539 e. The second kappa shape index (κ2) is 17.6. The van der Waals surface area contributed by atoms with Crippen LogP contribution in [0.1, 0.15) is 79.1 Å². The van der Waals surface area contributed by atoms with E-state index < -0.39 is 15.5 Å². The van der Waals surface area contributed by atoms with Gasteiger partial charge in [-0.25, -0.2) is 0 Å². The number of unbranched alkanes of at least 4 members (excludes halogenated alkanes) is 4. The van der Waals surface area contributed by atoms with E-state index in [0.29, 0.717) is 5.75 Å². The Morgan fingerprint density at radius 1 is 0.778 bits per heavy atom. The molecule has 0 aliphatic rings. The molecule has 0 aromatic heterocycles. The first-order valence-corrected chi connectivity index (χ1v) is 14.4. The van der Waals surface area contributed by atoms with Crippen molar-refractivity contribution in [2.75, 3.05) is 24.6 Å². The van der Waals surface area contributed by atoms with Gasteiger partial charge in [0.25, 0.3) is 0 Å². The Morgan fingerprint density at radius 2 is 1.15 bits per heavy atom. The quantitative estimate of drug-likeness (QED) is 0.300. The van der Waals surface area contributed by atoms with Crippen LogP contribution in [-0.4, -0.2) is 24.6 Å². The summed E-state index contributed by atoms with van der Waals surface area (Å²) in [6.45, 7) is 9.42. The number of benzene rings is 1. The normalized spacial score (nSPS) is 11.5. The van der Waals surface area contributed by atoms with Crippen LogP contribution in [0.4, 0.5) is 0 Å². The second-order valence-electron chi connectivity index (χ2n) is 7.28. The van der Waals surface area contributed by atoms with Gasteiger partial charge in [0.15, 0.2) is 5.75 Å². The van der Waals surface area contributed by atoms with E-state index in [1.807, 2.05) is 0 Å². The van der Waals surface area contributed by atoms with Gasteiger partial charge in [-0.1, -0.05) is 71.6 Å². The molecule has 1 aromatic carbocycles. The average molecular weight is 416 g/mol. The van der Waals surface area contributed by atoms with Crippen LogP contribution in [0.2, 0.25) is 0 Å². The average Bonchev–Trinajstić information content (AvgIpc) is 2.68. The van der Waals surface area contributed by atoms with Gasteiger partial charge in [0, 0.05) is 7.26 Å². The third kappa shape index (κ3) is 14.2. The van der Waals surface area contributed by atoms with Crippen molar-refractivity contribution >= 4 is 15.5 Å². The van der Waals surface area contributed by atoms with Gasteiger partial charge in [-0.05, 0) is 42.4 Å². The summed E-state index contributed by atoms with van der Waals surface area (Å²) in [5.41, 5.74) is 0. The zero-order valence-corrected chi connectivity index (χ0v) is 19.8. The molecule has 1 atom stereocenters. The lowest BCUT2D eigenvalue weighted by Crippen LogP contribution is -2.12. The van der Waals surface area contributed by atoms with Gasteiger partial charge in [0.2, 0.25) is 0 Å². The molecule has 0 bridgehead atoms. The van der Waals surface area contributed by atoms with Crippen LogP contribution in [0.15, 0.2) is 30.3 Å². The molecule has 0 amide bonds. The van der Waals surface area contributed by atoms with Gasteiger partial charge in [0.05, 0.1) is 24.6 Å². The van der Waals surface area contributed by atoms with Crippen molar-refractivity contribution in [3.8, 4) is 5.75 Å². The molecule has 0 aliphatic carbocycles. The van der Waals surface area contributed by atoms with Crippen molar-refractivity contribution in [2.45, 2.75) is 79.1 Å². The molecule has 5 heteroatoms. The Morgan fingerprint density at radius 3 is 1.44 bits per heavy atom. The highest BCUT2D eigenvalue weighted by Gasteiger charge is 2.34. The largest absolute Gasteiger partial charge is 0.558 e. The number of rotatable bonds is 14. The topological polar surface area (TPSA) is 49.4 Å². The Labute approximate surface area is 169 Å². The summed E-state index contributed by atoms with van der Waals surface area (Å²) in [6.07, 6.45) is 17.9. The first-order chi connectivity index (χ1) is 13.0. The summed E-state index contributed by atoms with van der Waals surface area (Å²) in [5, 5.41) is 0. The van der Waals surface area contributed by atoms with Crippen molar-refractivity contribution in [3.63, 3.8) is 0 Å². The molecule has 1 rings (SSSR count). The van der Waals surface area contributed by atoms with Crippen LogP contribution in [0.3, 0.4) is 0 Å². The van der Waals surface area contributed by atoms with E-state index in [0.717, 1.165) is 0 Å². The van der Waals surface area contributed by atoms with Crippen molar-refractivity contribution in [1.82, 2.24) is 0 Å². The molecule has 0 saturated heterocycles. The standard InChI is InChI=1S/C16H36P.C6H5O3P/c1-5-9-13-17(14-10-6-2,15-11-7-3)16-12-8-4;7-10(8)9-6-4-2-1-3-5-6/h5-16H2,1-4H3;1-5H/q+1;. The molecule has 0 N–H and O–H groups in total. The SMILES string of the molecule is CCCC[P+](CCCC)(CCCC)CCCC.O=[P+]([O-])Oc1ccccc1. The van der Waals surface area contributed by atoms with Gasteiger partial charge < -0.3 is 4.89 Å². The molecule has 1 aromatic rings. The minimum Gasteiger partial charge on any atom is -0.558 e. The summed E-state index contributed by atoms with van der Waals surface area (Å²) in [4.78, 5) is 9.98. The Balaban J connectivity index is 0.000000569. The number of hydrogen-bond acceptors (Lipinski definition) is 3. The molecule has 156 valence electrons. The Hall–Kier alpha value is -0.490. The molecular weight excluding hydrogens is 374 g/mol. The van der Waals surface area contributed by atoms with Crippen LogP contribution >= 0.6 is 15.5 Å². The monoisotopic (exact) mass is 415 g/mol. The van der Waals surface area contributed by atoms with Crippen molar-refractivity contribution in [2.24, 2.45) is 0 Å². The molecule has 0 fully saturated rings. The van der Waals surface area contributed by atoms with Gasteiger partial charge in [-0.2, -0.15) is 0 Å². The molecule has 3 nitrogen and oxygen atoms in total. The molecule has 0 heterocycles. The van der Waals surface area contributed by atoms with Crippen LogP contribution in [-0.2, 0) is 4.57 Å². The van der Waals surface area contributed by atoms with Crippen molar-refractivity contribution in [3.05, 3.63) is 30.3 Å². The number of hydrogen-bond donors (Lipinski definition) is 0. The predicted octanol–water partition coefficient (Wildman–Crippen LogP) is 7.29. The second-order valence-corrected chi connectivity index (χ2v) is 12.4. The highest BCUT2D eigenvalue weighted by atomic mass is 31.2. The highest BCUT2D eigenvalue weighted by molar-refractivity contribution is 7.75. The van der Waals surface area contributed by atoms with Crippen LogP contribution in [0, 0.1) is 0 Å². The lowest BCUT2D eigenvalue weighted by Gasteiger charge is -2.28. The number of para-hydroxylation sites is 1. The lowest BCUT2D eigenvalue weighted by molar-refractivity contribution is -0.178. The molecule has 0 saturated carbocycles. The van der Waals surface area contributed by atoms with Gasteiger partial charge >= 0.3 is 8.25 Å². The van der Waals surface area contributed by atoms with E-state index in [2.05, 4.69) is 32.2 Å². The van der Waals surface area contributed by atoms with Gasteiger partial charge in [0.1, 0.15) is 0 Å². The summed E-state index contributed by atoms with van der Waals surface area (Å²) in [7, 11) is -3.34. The van der Waals surface area contributed by atoms with E-state index >= 15 is 0 Å². The van der Waals surface area contributed by atoms with Crippen molar-refractivity contribution < 1.29 is 14.0 Å². The zero-order chi connectivity index (χ0) is 20.4. The summed E-state index contributed by atoms with van der Waals surface area (Å²) in [6, 6.07) is 8.34. The maximum atomic E-state index is 9.98. The summed E-state index contributed by atoms with van der Waals surface area (Å²) in [5.74, 6) is 0.346. The van der Waals surface area contributed by atoms with Crippen LogP contribution in [0.5, 0.6) is 5.75 Å². The fourth-order valence-corrected chi connectivity index (χ4v) is 8.80. The third-order valence-electron chi connectivity index (χ3n) is 4.87. The first kappa shape index (κ1) is 26.5. The van der Waals surface area contributed by atoms with E-state index in [-0.39, 0.29) is 0 Å². The van der Waals surface area contributed by atoms with Crippen LogP contribution < -0.4 is 9.42 Å². The Bertz CT molecular complexity index is 428. The molecule has 27 heavy (non-hydrogen) atoms. The molecule has 0 spiro atoms. The minimum absolute atomic E-state index is 0.346. The summed E-state index contributed by atoms with van der Waals surface area (Å²) < 4.78 is 14.4. The molecule has 1 unspecified atom stereocenters. The maximum absolute atomic E-state index is 9.98. The first-order valence-electron chi connectivity index (χ1n) is 10.8. The van der Waals surface area contributed by atoms with Gasteiger partial charge in [-0.15, -0.1) is 0 Å². The van der Waals surface area contributed by atoms with E-state index in [9.17, 15) is 9.46 Å². The third-order valence-corrected chi connectivity index (χ3v) is 10.3. The lowest BCUT2D eigenvalue weighted by atomic mass is 10.3. The molecule has 0 radical (unpaired) electrons. The zero-order valence-electron chi connectivity index (χ0n) is 18.0. The van der Waals surface area contributed by atoms with Crippen LogP contribution in [0.25, 0.3) is 0 Å². The fourth-order valence-electron chi connectivity index (χ4n) is 3.21. The van der Waals surface area contributed by atoms with Crippen molar-refractivity contribution in [1.29, 1.82) is 0 Å². The van der Waals surface area contributed by atoms with E-state index in [1.54, 1.807) is 55.0 Å². The Kier molecular flexibility index (Phi) is 17.3. The minimum atomic E-state index is -2.78.